The summed E-state index contributed by atoms with van der Waals surface area (Å²) in [6, 6.07) is 17.1. The SMILES string of the molecule is CSc1ccc(CN2CCC(C(=O)NCc3ccc(C)cc3)CC2)cc1.O=C(O)C(=O)O. The molecule has 0 aromatic heterocycles. The van der Waals surface area contributed by atoms with Gasteiger partial charge in [0, 0.05) is 23.9 Å². The van der Waals surface area contributed by atoms with Crippen molar-refractivity contribution in [3.63, 3.8) is 0 Å². The molecule has 0 bridgehead atoms. The first kappa shape index (κ1) is 25.4. The fourth-order valence-electron chi connectivity index (χ4n) is 3.38. The number of carboxylic acid groups (broad SMARTS) is 2. The number of carboxylic acids is 2. The van der Waals surface area contributed by atoms with Crippen molar-refractivity contribution in [3.8, 4) is 0 Å². The predicted octanol–water partition coefficient (Wildman–Crippen LogP) is 3.40. The number of thioether (sulfide) groups is 1. The van der Waals surface area contributed by atoms with Crippen LogP contribution in [0, 0.1) is 12.8 Å². The molecule has 1 aliphatic heterocycles. The summed E-state index contributed by atoms with van der Waals surface area (Å²) in [5.74, 6) is -3.30. The van der Waals surface area contributed by atoms with Crippen molar-refractivity contribution in [1.82, 2.24) is 10.2 Å². The van der Waals surface area contributed by atoms with Crippen LogP contribution in [0.3, 0.4) is 0 Å². The van der Waals surface area contributed by atoms with Gasteiger partial charge in [-0.25, -0.2) is 9.59 Å². The van der Waals surface area contributed by atoms with Gasteiger partial charge in [0.15, 0.2) is 0 Å². The van der Waals surface area contributed by atoms with Crippen LogP contribution in [0.25, 0.3) is 0 Å². The zero-order chi connectivity index (χ0) is 23.5. The van der Waals surface area contributed by atoms with Crippen LogP contribution in [0.1, 0.15) is 29.5 Å². The number of nitrogens with zero attached hydrogens (tertiary/aromatic N) is 1. The zero-order valence-corrected chi connectivity index (χ0v) is 19.2. The van der Waals surface area contributed by atoms with E-state index >= 15 is 0 Å². The minimum atomic E-state index is -1.82. The largest absolute Gasteiger partial charge is 0.473 e. The number of piperidine rings is 1. The summed E-state index contributed by atoms with van der Waals surface area (Å²) in [5, 5.41) is 17.9. The average molecular weight is 459 g/mol. The number of rotatable bonds is 6. The lowest BCUT2D eigenvalue weighted by Gasteiger charge is -2.31. The van der Waals surface area contributed by atoms with Crippen LogP contribution in [0.15, 0.2) is 53.4 Å². The highest BCUT2D eigenvalue weighted by atomic mass is 32.2. The molecule has 0 radical (unpaired) electrons. The normalized spacial score (nSPS) is 14.2. The van der Waals surface area contributed by atoms with Gasteiger partial charge in [0.2, 0.25) is 5.91 Å². The number of aliphatic carboxylic acids is 2. The summed E-state index contributed by atoms with van der Waals surface area (Å²) in [5.41, 5.74) is 3.76. The van der Waals surface area contributed by atoms with Crippen molar-refractivity contribution >= 4 is 29.6 Å². The van der Waals surface area contributed by atoms with Crippen molar-refractivity contribution < 1.29 is 24.6 Å². The van der Waals surface area contributed by atoms with Crippen molar-refractivity contribution in [3.05, 3.63) is 65.2 Å². The number of amides is 1. The van der Waals surface area contributed by atoms with Gasteiger partial charge in [0.25, 0.3) is 0 Å². The second-order valence-electron chi connectivity index (χ2n) is 7.71. The third kappa shape index (κ3) is 8.72. The Kier molecular flexibility index (Phi) is 10.2. The standard InChI is InChI=1S/C22H28N2OS.C2H2O4/c1-17-3-5-18(6-4-17)15-23-22(25)20-11-13-24(14-12-20)16-19-7-9-21(26-2)10-8-19;3-1(4)2(5)6/h3-10,20H,11-16H2,1-2H3,(H,23,25);(H,3,4)(H,5,6). The van der Waals surface area contributed by atoms with Gasteiger partial charge >= 0.3 is 11.9 Å². The first-order valence-corrected chi connectivity index (χ1v) is 11.7. The molecule has 1 fully saturated rings. The van der Waals surface area contributed by atoms with E-state index in [1.54, 1.807) is 11.8 Å². The van der Waals surface area contributed by atoms with Gasteiger partial charge in [-0.2, -0.15) is 0 Å². The fourth-order valence-corrected chi connectivity index (χ4v) is 3.79. The summed E-state index contributed by atoms with van der Waals surface area (Å²) in [4.78, 5) is 34.4. The molecule has 172 valence electrons. The van der Waals surface area contributed by atoms with E-state index in [2.05, 4.69) is 71.9 Å². The Balaban J connectivity index is 0.000000534. The molecule has 3 rings (SSSR count). The molecule has 2 aromatic carbocycles. The Morgan fingerprint density at radius 2 is 1.47 bits per heavy atom. The highest BCUT2D eigenvalue weighted by Crippen LogP contribution is 2.21. The Bertz CT molecular complexity index is 880. The number of likely N-dealkylation sites (tertiary alicyclic amines) is 1. The molecule has 1 heterocycles. The molecular weight excluding hydrogens is 428 g/mol. The molecule has 32 heavy (non-hydrogen) atoms. The third-order valence-corrected chi connectivity index (χ3v) is 6.04. The van der Waals surface area contributed by atoms with Crippen LogP contribution in [0.2, 0.25) is 0 Å². The van der Waals surface area contributed by atoms with Crippen LogP contribution in [-0.4, -0.2) is 52.3 Å². The molecule has 1 saturated heterocycles. The van der Waals surface area contributed by atoms with Crippen LogP contribution in [0.5, 0.6) is 0 Å². The molecule has 0 spiro atoms. The maximum atomic E-state index is 12.4. The van der Waals surface area contributed by atoms with Gasteiger partial charge in [-0.15, -0.1) is 11.8 Å². The van der Waals surface area contributed by atoms with E-state index in [0.717, 1.165) is 38.0 Å². The highest BCUT2D eigenvalue weighted by molar-refractivity contribution is 7.98. The number of benzene rings is 2. The molecular formula is C24H30N2O5S. The van der Waals surface area contributed by atoms with E-state index in [1.807, 2.05) is 0 Å². The number of nitrogens with one attached hydrogen (secondary N) is 1. The van der Waals surface area contributed by atoms with E-state index in [0.29, 0.717) is 6.54 Å². The first-order valence-electron chi connectivity index (χ1n) is 10.4. The molecule has 3 N–H and O–H groups in total. The minimum absolute atomic E-state index is 0.149. The van der Waals surface area contributed by atoms with Crippen LogP contribution in [0.4, 0.5) is 0 Å². The smallest absolute Gasteiger partial charge is 0.414 e. The molecule has 0 aliphatic carbocycles. The van der Waals surface area contributed by atoms with Crippen molar-refractivity contribution in [2.75, 3.05) is 19.3 Å². The summed E-state index contributed by atoms with van der Waals surface area (Å²) < 4.78 is 0. The van der Waals surface area contributed by atoms with Gasteiger partial charge < -0.3 is 15.5 Å². The predicted molar refractivity (Wildman–Crippen MR) is 125 cm³/mol. The van der Waals surface area contributed by atoms with E-state index in [9.17, 15) is 4.79 Å². The Morgan fingerprint density at radius 3 is 1.97 bits per heavy atom. The maximum Gasteiger partial charge on any atom is 0.414 e. The second kappa shape index (κ2) is 12.9. The average Bonchev–Trinajstić information content (AvgIpc) is 2.80. The van der Waals surface area contributed by atoms with E-state index in [1.165, 1.54) is 16.0 Å². The lowest BCUT2D eigenvalue weighted by molar-refractivity contribution is -0.159. The quantitative estimate of drug-likeness (QED) is 0.450. The first-order chi connectivity index (χ1) is 15.3. The Labute approximate surface area is 192 Å². The molecule has 8 heteroatoms. The van der Waals surface area contributed by atoms with Gasteiger partial charge in [-0.3, -0.25) is 9.69 Å². The number of carbonyl (C=O) groups is 3. The lowest BCUT2D eigenvalue weighted by atomic mass is 9.95. The van der Waals surface area contributed by atoms with E-state index in [4.69, 9.17) is 19.8 Å². The molecule has 2 aromatic rings. The monoisotopic (exact) mass is 458 g/mol. The number of hydrogen-bond donors (Lipinski definition) is 3. The molecule has 1 aliphatic rings. The van der Waals surface area contributed by atoms with Crippen molar-refractivity contribution in [1.29, 1.82) is 0 Å². The number of aryl methyl sites for hydroxylation is 1. The molecule has 0 unspecified atom stereocenters. The summed E-state index contributed by atoms with van der Waals surface area (Å²) >= 11 is 1.77. The van der Waals surface area contributed by atoms with Crippen LogP contribution >= 0.6 is 11.8 Å². The lowest BCUT2D eigenvalue weighted by Crippen LogP contribution is -2.40. The minimum Gasteiger partial charge on any atom is -0.473 e. The van der Waals surface area contributed by atoms with Gasteiger partial charge in [-0.05, 0) is 62.4 Å². The number of carbonyl (C=O) groups excluding carboxylic acids is 1. The number of hydrogen-bond acceptors (Lipinski definition) is 5. The van der Waals surface area contributed by atoms with Gasteiger partial charge in [0.1, 0.15) is 0 Å². The maximum absolute atomic E-state index is 12.4. The molecule has 1 amide bonds. The van der Waals surface area contributed by atoms with E-state index in [-0.39, 0.29) is 11.8 Å². The summed E-state index contributed by atoms with van der Waals surface area (Å²) in [6.07, 6.45) is 3.99. The Hall–Kier alpha value is -2.84. The van der Waals surface area contributed by atoms with Gasteiger partial charge in [0.05, 0.1) is 0 Å². The summed E-state index contributed by atoms with van der Waals surface area (Å²) in [7, 11) is 0. The van der Waals surface area contributed by atoms with E-state index < -0.39 is 11.9 Å². The Morgan fingerprint density at radius 1 is 0.938 bits per heavy atom. The van der Waals surface area contributed by atoms with Crippen LogP contribution < -0.4 is 5.32 Å². The third-order valence-electron chi connectivity index (χ3n) is 5.29. The van der Waals surface area contributed by atoms with Crippen molar-refractivity contribution in [2.24, 2.45) is 5.92 Å². The molecule has 7 nitrogen and oxygen atoms in total. The topological polar surface area (TPSA) is 107 Å². The molecule has 0 saturated carbocycles. The molecule has 0 atom stereocenters. The highest BCUT2D eigenvalue weighted by Gasteiger charge is 2.24. The fraction of sp³-hybridized carbons (Fsp3) is 0.375. The summed E-state index contributed by atoms with van der Waals surface area (Å²) in [6.45, 7) is 5.67. The zero-order valence-electron chi connectivity index (χ0n) is 18.4. The van der Waals surface area contributed by atoms with Crippen molar-refractivity contribution in [2.45, 2.75) is 37.8 Å². The van der Waals surface area contributed by atoms with Gasteiger partial charge in [-0.1, -0.05) is 42.0 Å². The second-order valence-corrected chi connectivity index (χ2v) is 8.59. The van der Waals surface area contributed by atoms with Crippen LogP contribution in [-0.2, 0) is 27.5 Å².